The lowest BCUT2D eigenvalue weighted by Crippen LogP contribution is -2.34. The second-order valence-corrected chi connectivity index (χ2v) is 6.15. The quantitative estimate of drug-likeness (QED) is 0.745. The third kappa shape index (κ3) is 4.00. The van der Waals surface area contributed by atoms with Gasteiger partial charge in [0.2, 0.25) is 0 Å². The molecule has 136 valence electrons. The molecule has 0 unspecified atom stereocenters. The Morgan fingerprint density at radius 3 is 2.81 bits per heavy atom. The molecule has 0 aliphatic rings. The van der Waals surface area contributed by atoms with Crippen molar-refractivity contribution >= 4 is 18.1 Å². The molecule has 0 aliphatic heterocycles. The van der Waals surface area contributed by atoms with Gasteiger partial charge in [0.05, 0.1) is 17.2 Å². The first kappa shape index (κ1) is 18.3. The molecule has 0 radical (unpaired) electrons. The van der Waals surface area contributed by atoms with E-state index >= 15 is 0 Å². The van der Waals surface area contributed by atoms with Crippen molar-refractivity contribution in [2.24, 2.45) is 12.8 Å². The summed E-state index contributed by atoms with van der Waals surface area (Å²) in [7, 11) is 1.87. The highest BCUT2D eigenvalue weighted by molar-refractivity contribution is 5.90. The Hall–Kier alpha value is -3.54. The number of carbonyl (C=O) groups is 1. The van der Waals surface area contributed by atoms with E-state index in [2.05, 4.69) is 21.6 Å². The van der Waals surface area contributed by atoms with Crippen molar-refractivity contribution in [2.45, 2.75) is 13.3 Å². The van der Waals surface area contributed by atoms with Crippen molar-refractivity contribution in [1.29, 1.82) is 0 Å². The minimum atomic E-state index is -0.546. The van der Waals surface area contributed by atoms with Crippen molar-refractivity contribution in [3.63, 3.8) is 0 Å². The van der Waals surface area contributed by atoms with Crippen LogP contribution in [-0.4, -0.2) is 25.7 Å². The number of nitrogens with zero attached hydrogens (tertiary/aromatic N) is 4. The van der Waals surface area contributed by atoms with Gasteiger partial charge in [-0.1, -0.05) is 24.8 Å². The Bertz CT molecular complexity index is 1130. The zero-order valence-electron chi connectivity index (χ0n) is 15.4. The van der Waals surface area contributed by atoms with Crippen LogP contribution < -0.4 is 16.3 Å². The van der Waals surface area contributed by atoms with Crippen LogP contribution in [0.3, 0.4) is 0 Å². The van der Waals surface area contributed by atoms with Crippen LogP contribution in [0, 0.1) is 0 Å². The zero-order valence-corrected chi connectivity index (χ0v) is 15.4. The molecule has 0 aliphatic carbocycles. The Balaban J connectivity index is 2.10. The van der Waals surface area contributed by atoms with Crippen LogP contribution >= 0.6 is 0 Å². The molecular formula is C21H21N5O. The van der Waals surface area contributed by atoms with Crippen molar-refractivity contribution in [2.75, 3.05) is 0 Å². The number of aromatic nitrogens is 4. The van der Waals surface area contributed by atoms with Crippen LogP contribution in [0.1, 0.15) is 28.5 Å². The van der Waals surface area contributed by atoms with E-state index in [9.17, 15) is 4.79 Å². The summed E-state index contributed by atoms with van der Waals surface area (Å²) < 4.78 is 1.74. The lowest BCUT2D eigenvalue weighted by Gasteiger charge is -2.07. The van der Waals surface area contributed by atoms with Crippen LogP contribution in [0.4, 0.5) is 0 Å². The third-order valence-corrected chi connectivity index (χ3v) is 4.20. The number of amides is 1. The normalized spacial score (nSPS) is 12.4. The summed E-state index contributed by atoms with van der Waals surface area (Å²) in [5.41, 5.74) is 9.53. The van der Waals surface area contributed by atoms with Gasteiger partial charge in [-0.05, 0) is 42.7 Å². The molecule has 3 heterocycles. The van der Waals surface area contributed by atoms with Crippen LogP contribution in [0.5, 0.6) is 0 Å². The standard InChI is InChI=1S/C21H21N5O/c1-4-6-17-15(11-20(21(22)27)25-18(17)5-2)9-14-7-8-23-19(10-14)16-12-24-26(3)13-16/h4-8,10-13H,1,9H2,2-3H3,(H2,22,27)/b17-6-,18-5+. The van der Waals surface area contributed by atoms with Gasteiger partial charge in [-0.2, -0.15) is 5.10 Å². The Kier molecular flexibility index (Phi) is 5.26. The highest BCUT2D eigenvalue weighted by Crippen LogP contribution is 2.18. The molecule has 27 heavy (non-hydrogen) atoms. The number of hydrogen-bond donors (Lipinski definition) is 1. The maximum Gasteiger partial charge on any atom is 0.267 e. The lowest BCUT2D eigenvalue weighted by molar-refractivity contribution is 0.0995. The van der Waals surface area contributed by atoms with E-state index in [-0.39, 0.29) is 5.69 Å². The maximum absolute atomic E-state index is 11.7. The number of primary amides is 1. The predicted molar refractivity (Wildman–Crippen MR) is 106 cm³/mol. The molecule has 0 saturated carbocycles. The van der Waals surface area contributed by atoms with E-state index in [1.165, 1.54) is 0 Å². The molecule has 0 bridgehead atoms. The molecule has 6 heteroatoms. The number of carbonyl (C=O) groups excluding carboxylic acids is 1. The first-order valence-electron chi connectivity index (χ1n) is 8.54. The monoisotopic (exact) mass is 359 g/mol. The van der Waals surface area contributed by atoms with Gasteiger partial charge in [0, 0.05) is 30.2 Å². The van der Waals surface area contributed by atoms with E-state index in [1.807, 2.05) is 44.5 Å². The van der Waals surface area contributed by atoms with Crippen molar-refractivity contribution < 1.29 is 4.79 Å². The molecule has 0 aromatic carbocycles. The van der Waals surface area contributed by atoms with Crippen LogP contribution in [0.25, 0.3) is 23.4 Å². The fraction of sp³-hybridized carbons (Fsp3) is 0.143. The molecular weight excluding hydrogens is 338 g/mol. The minimum absolute atomic E-state index is 0.251. The summed E-state index contributed by atoms with van der Waals surface area (Å²) in [6, 6.07) is 5.72. The van der Waals surface area contributed by atoms with E-state index in [0.717, 1.165) is 27.6 Å². The van der Waals surface area contributed by atoms with E-state index in [0.29, 0.717) is 11.8 Å². The summed E-state index contributed by atoms with van der Waals surface area (Å²) in [6.45, 7) is 5.66. The second-order valence-electron chi connectivity index (χ2n) is 6.15. The Morgan fingerprint density at radius 1 is 1.37 bits per heavy atom. The summed E-state index contributed by atoms with van der Waals surface area (Å²) in [6.07, 6.45) is 11.6. The van der Waals surface area contributed by atoms with Crippen LogP contribution in [0.15, 0.2) is 49.4 Å². The molecule has 0 saturated heterocycles. The largest absolute Gasteiger partial charge is 0.364 e. The fourth-order valence-corrected chi connectivity index (χ4v) is 2.95. The first-order chi connectivity index (χ1) is 13.0. The molecule has 6 nitrogen and oxygen atoms in total. The van der Waals surface area contributed by atoms with E-state index in [4.69, 9.17) is 5.73 Å². The average Bonchev–Trinajstić information content (AvgIpc) is 3.09. The molecule has 3 rings (SSSR count). The van der Waals surface area contributed by atoms with E-state index in [1.54, 1.807) is 29.2 Å². The number of pyridine rings is 2. The smallest absolute Gasteiger partial charge is 0.267 e. The van der Waals surface area contributed by atoms with E-state index < -0.39 is 5.91 Å². The molecule has 0 atom stereocenters. The van der Waals surface area contributed by atoms with Crippen molar-refractivity contribution in [3.05, 3.63) is 76.8 Å². The molecule has 0 spiro atoms. The van der Waals surface area contributed by atoms with Gasteiger partial charge >= 0.3 is 0 Å². The first-order valence-corrected chi connectivity index (χ1v) is 8.54. The number of aryl methyl sites for hydroxylation is 1. The van der Waals surface area contributed by atoms with Gasteiger partial charge in [-0.15, -0.1) is 0 Å². The zero-order chi connectivity index (χ0) is 19.4. The highest BCUT2D eigenvalue weighted by Gasteiger charge is 2.09. The maximum atomic E-state index is 11.7. The SMILES string of the molecule is C=C/C=c1/c(Cc2ccnc(-c3cnn(C)c3)c2)cc(C(N)=O)n/c1=C/C. The topological polar surface area (TPSA) is 86.7 Å². The van der Waals surface area contributed by atoms with Crippen LogP contribution in [0.2, 0.25) is 0 Å². The van der Waals surface area contributed by atoms with Gasteiger partial charge < -0.3 is 5.73 Å². The lowest BCUT2D eigenvalue weighted by atomic mass is 10.0. The van der Waals surface area contributed by atoms with Gasteiger partial charge in [-0.3, -0.25) is 14.5 Å². The van der Waals surface area contributed by atoms with Gasteiger partial charge in [0.1, 0.15) is 5.69 Å². The minimum Gasteiger partial charge on any atom is -0.364 e. The highest BCUT2D eigenvalue weighted by atomic mass is 16.1. The summed E-state index contributed by atoms with van der Waals surface area (Å²) in [5.74, 6) is -0.546. The number of rotatable bonds is 5. The second kappa shape index (κ2) is 7.78. The van der Waals surface area contributed by atoms with Crippen LogP contribution in [-0.2, 0) is 13.5 Å². The summed E-state index contributed by atoms with van der Waals surface area (Å²) in [4.78, 5) is 20.5. The van der Waals surface area contributed by atoms with Crippen molar-refractivity contribution in [3.8, 4) is 11.3 Å². The van der Waals surface area contributed by atoms with Crippen molar-refractivity contribution in [1.82, 2.24) is 19.7 Å². The third-order valence-electron chi connectivity index (χ3n) is 4.20. The van der Waals surface area contributed by atoms with Gasteiger partial charge in [0.25, 0.3) is 5.91 Å². The number of nitrogens with two attached hydrogens (primary N) is 1. The molecule has 1 amide bonds. The molecule has 3 aromatic rings. The van der Waals surface area contributed by atoms with Gasteiger partial charge in [0.15, 0.2) is 0 Å². The summed E-state index contributed by atoms with van der Waals surface area (Å²) in [5, 5.41) is 5.83. The fourth-order valence-electron chi connectivity index (χ4n) is 2.95. The molecule has 2 N–H and O–H groups in total. The Morgan fingerprint density at radius 2 is 2.19 bits per heavy atom. The molecule has 0 fully saturated rings. The number of hydrogen-bond acceptors (Lipinski definition) is 4. The predicted octanol–water partition coefficient (Wildman–Crippen LogP) is 1.33. The number of allylic oxidation sites excluding steroid dienone is 1. The van der Waals surface area contributed by atoms with Gasteiger partial charge in [-0.25, -0.2) is 4.98 Å². The Labute approximate surface area is 157 Å². The molecule has 3 aromatic heterocycles. The average molecular weight is 359 g/mol. The summed E-state index contributed by atoms with van der Waals surface area (Å²) >= 11 is 0.